The molecule has 2 rings (SSSR count). The molecule has 1 amide bonds. The molecule has 0 atom stereocenters. The molecule has 2 N–H and O–H groups in total. The van der Waals surface area contributed by atoms with Gasteiger partial charge in [0.05, 0.1) is 16.5 Å². The molecule has 0 aliphatic rings. The summed E-state index contributed by atoms with van der Waals surface area (Å²) in [5, 5.41) is 14.5. The fourth-order valence-corrected chi connectivity index (χ4v) is 3.00. The molecule has 110 valence electrons. The van der Waals surface area contributed by atoms with E-state index in [9.17, 15) is 9.59 Å². The number of nitrogens with one attached hydrogen (secondary N) is 1. The minimum Gasteiger partial charge on any atom is -0.478 e. The van der Waals surface area contributed by atoms with Crippen LogP contribution in [0.25, 0.3) is 0 Å². The number of aryl methyl sites for hydroxylation is 1. The third-order valence-electron chi connectivity index (χ3n) is 2.45. The van der Waals surface area contributed by atoms with Crippen LogP contribution in [0.15, 0.2) is 23.7 Å². The highest BCUT2D eigenvalue weighted by atomic mass is 32.2. The Morgan fingerprint density at radius 2 is 2.29 bits per heavy atom. The molecular formula is C13H13N3O3S2. The van der Waals surface area contributed by atoms with Gasteiger partial charge in [0.25, 0.3) is 0 Å². The zero-order valence-corrected chi connectivity index (χ0v) is 12.8. The molecule has 0 saturated heterocycles. The number of rotatable bonds is 6. The van der Waals surface area contributed by atoms with Gasteiger partial charge < -0.3 is 10.4 Å². The molecule has 0 fully saturated rings. The number of aromatic carboxylic acids is 1. The Kier molecular flexibility index (Phi) is 5.29. The average Bonchev–Trinajstić information content (AvgIpc) is 2.85. The zero-order valence-electron chi connectivity index (χ0n) is 11.2. The first kappa shape index (κ1) is 15.5. The Labute approximate surface area is 129 Å². The number of pyridine rings is 1. The minimum atomic E-state index is -1.12. The van der Waals surface area contributed by atoms with Crippen molar-refractivity contribution in [1.29, 1.82) is 0 Å². The highest BCUT2D eigenvalue weighted by molar-refractivity contribution is 7.99. The van der Waals surface area contributed by atoms with Crippen molar-refractivity contribution in [3.63, 3.8) is 0 Å². The van der Waals surface area contributed by atoms with Gasteiger partial charge in [-0.15, -0.1) is 23.1 Å². The van der Waals surface area contributed by atoms with E-state index in [-0.39, 0.29) is 23.0 Å². The molecule has 2 aromatic rings. The summed E-state index contributed by atoms with van der Waals surface area (Å²) in [4.78, 5) is 31.0. The average molecular weight is 323 g/mol. The van der Waals surface area contributed by atoms with Gasteiger partial charge in [-0.25, -0.2) is 14.8 Å². The van der Waals surface area contributed by atoms with E-state index in [2.05, 4.69) is 15.3 Å². The van der Waals surface area contributed by atoms with Crippen molar-refractivity contribution in [2.45, 2.75) is 12.7 Å². The van der Waals surface area contributed by atoms with Crippen molar-refractivity contribution < 1.29 is 14.7 Å². The van der Waals surface area contributed by atoms with E-state index in [0.29, 0.717) is 5.75 Å². The molecule has 0 unspecified atom stereocenters. The second-order valence-electron chi connectivity index (χ2n) is 4.10. The number of thioether (sulfide) groups is 1. The number of hydrogen-bond donors (Lipinski definition) is 2. The number of aromatic nitrogens is 2. The molecule has 0 aromatic carbocycles. The monoisotopic (exact) mass is 323 g/mol. The second kappa shape index (κ2) is 7.19. The lowest BCUT2D eigenvalue weighted by atomic mass is 10.2. The molecule has 6 nitrogen and oxygen atoms in total. The molecule has 21 heavy (non-hydrogen) atoms. The highest BCUT2D eigenvalue weighted by Gasteiger charge is 2.13. The van der Waals surface area contributed by atoms with Gasteiger partial charge in [-0.3, -0.25) is 4.79 Å². The maximum atomic E-state index is 11.8. The minimum absolute atomic E-state index is 0.0222. The van der Waals surface area contributed by atoms with Crippen LogP contribution < -0.4 is 5.32 Å². The Bertz CT molecular complexity index is 658. The van der Waals surface area contributed by atoms with Crippen LogP contribution in [-0.4, -0.2) is 32.7 Å². The van der Waals surface area contributed by atoms with Crippen molar-refractivity contribution in [1.82, 2.24) is 9.97 Å². The summed E-state index contributed by atoms with van der Waals surface area (Å²) in [7, 11) is 0. The van der Waals surface area contributed by atoms with Gasteiger partial charge in [0, 0.05) is 17.3 Å². The normalized spacial score (nSPS) is 10.3. The van der Waals surface area contributed by atoms with E-state index in [4.69, 9.17) is 5.11 Å². The van der Waals surface area contributed by atoms with Crippen LogP contribution in [0, 0.1) is 6.92 Å². The van der Waals surface area contributed by atoms with Crippen LogP contribution in [0.4, 0.5) is 5.82 Å². The number of anilines is 1. The van der Waals surface area contributed by atoms with Crippen LogP contribution in [0.1, 0.15) is 21.1 Å². The fourth-order valence-electron chi connectivity index (χ4n) is 1.57. The van der Waals surface area contributed by atoms with Gasteiger partial charge in [0.15, 0.2) is 0 Å². The number of carboxylic acids is 1. The molecule has 0 aliphatic carbocycles. The van der Waals surface area contributed by atoms with E-state index in [0.717, 1.165) is 10.7 Å². The number of carboxylic acid groups (broad SMARTS) is 1. The number of thiazole rings is 1. The number of amides is 1. The predicted molar refractivity (Wildman–Crippen MR) is 82.8 cm³/mol. The molecule has 2 heterocycles. The van der Waals surface area contributed by atoms with Crippen molar-refractivity contribution >= 4 is 40.8 Å². The maximum absolute atomic E-state index is 11.8. The smallest absolute Gasteiger partial charge is 0.339 e. The van der Waals surface area contributed by atoms with Crippen LogP contribution >= 0.6 is 23.1 Å². The summed E-state index contributed by atoms with van der Waals surface area (Å²) in [6.45, 7) is 1.93. The van der Waals surface area contributed by atoms with Crippen molar-refractivity contribution in [2.75, 3.05) is 11.1 Å². The first-order chi connectivity index (χ1) is 10.1. The van der Waals surface area contributed by atoms with E-state index in [1.807, 2.05) is 12.3 Å². The number of carbonyl (C=O) groups excluding carboxylic acids is 1. The maximum Gasteiger partial charge on any atom is 0.339 e. The van der Waals surface area contributed by atoms with E-state index in [1.54, 1.807) is 11.3 Å². The Morgan fingerprint density at radius 3 is 2.95 bits per heavy atom. The quantitative estimate of drug-likeness (QED) is 0.848. The molecule has 0 saturated carbocycles. The van der Waals surface area contributed by atoms with Crippen molar-refractivity contribution in [3.05, 3.63) is 40.0 Å². The molecule has 2 aromatic heterocycles. The number of nitrogens with zero attached hydrogens (tertiary/aromatic N) is 2. The van der Waals surface area contributed by atoms with E-state index < -0.39 is 5.97 Å². The zero-order chi connectivity index (χ0) is 15.2. The molecule has 0 aliphatic heterocycles. The predicted octanol–water partition coefficient (Wildman–Crippen LogP) is 2.42. The third kappa shape index (κ3) is 4.54. The first-order valence-electron chi connectivity index (χ1n) is 6.03. The van der Waals surface area contributed by atoms with Gasteiger partial charge in [0.1, 0.15) is 11.4 Å². The molecule has 8 heteroatoms. The fraction of sp³-hybridized carbons (Fsp3) is 0.231. The summed E-state index contributed by atoms with van der Waals surface area (Å²) >= 11 is 2.99. The van der Waals surface area contributed by atoms with Crippen molar-refractivity contribution in [2.24, 2.45) is 0 Å². The summed E-state index contributed by atoms with van der Waals surface area (Å²) < 4.78 is 0. The second-order valence-corrected chi connectivity index (χ2v) is 6.15. The Morgan fingerprint density at radius 1 is 1.48 bits per heavy atom. The summed E-state index contributed by atoms with van der Waals surface area (Å²) in [5.74, 6) is -0.477. The number of hydrogen-bond acceptors (Lipinski definition) is 6. The topological polar surface area (TPSA) is 92.2 Å². The summed E-state index contributed by atoms with van der Waals surface area (Å²) in [5.41, 5.74) is 0.922. The largest absolute Gasteiger partial charge is 0.478 e. The standard InChI is InChI=1S/C13H13N3O3S2/c1-8-15-9(6-21-8)5-20-7-11(17)16-12-10(13(18)19)3-2-4-14-12/h2-4,6H,5,7H2,1H3,(H,18,19)(H,14,16,17). The first-order valence-corrected chi connectivity index (χ1v) is 8.06. The summed E-state index contributed by atoms with van der Waals surface area (Å²) in [6.07, 6.45) is 1.44. The van der Waals surface area contributed by atoms with Gasteiger partial charge in [0.2, 0.25) is 5.91 Å². The molecule has 0 radical (unpaired) electrons. The Balaban J connectivity index is 1.86. The highest BCUT2D eigenvalue weighted by Crippen LogP contribution is 2.16. The van der Waals surface area contributed by atoms with Crippen LogP contribution in [-0.2, 0) is 10.5 Å². The van der Waals surface area contributed by atoms with Gasteiger partial charge in [-0.05, 0) is 19.1 Å². The van der Waals surface area contributed by atoms with E-state index >= 15 is 0 Å². The van der Waals surface area contributed by atoms with Gasteiger partial charge in [-0.1, -0.05) is 0 Å². The molecule has 0 spiro atoms. The van der Waals surface area contributed by atoms with Crippen LogP contribution in [0.5, 0.6) is 0 Å². The lowest BCUT2D eigenvalue weighted by molar-refractivity contribution is -0.113. The van der Waals surface area contributed by atoms with Gasteiger partial charge >= 0.3 is 5.97 Å². The van der Waals surface area contributed by atoms with Crippen LogP contribution in [0.2, 0.25) is 0 Å². The van der Waals surface area contributed by atoms with Crippen molar-refractivity contribution in [3.8, 4) is 0 Å². The summed E-state index contributed by atoms with van der Waals surface area (Å²) in [6, 6.07) is 2.91. The Hall–Kier alpha value is -1.93. The van der Waals surface area contributed by atoms with E-state index in [1.165, 1.54) is 30.1 Å². The van der Waals surface area contributed by atoms with Gasteiger partial charge in [-0.2, -0.15) is 0 Å². The third-order valence-corrected chi connectivity index (χ3v) is 4.23. The molecule has 0 bridgehead atoms. The lowest BCUT2D eigenvalue weighted by Crippen LogP contribution is -2.17. The lowest BCUT2D eigenvalue weighted by Gasteiger charge is -2.06. The number of carbonyl (C=O) groups is 2. The SMILES string of the molecule is Cc1nc(CSCC(=O)Nc2ncccc2C(=O)O)cs1. The molecular weight excluding hydrogens is 310 g/mol. The van der Waals surface area contributed by atoms with Crippen LogP contribution in [0.3, 0.4) is 0 Å².